The molecule has 1 aromatic carbocycles. The third kappa shape index (κ3) is 2.46. The van der Waals surface area contributed by atoms with Crippen molar-refractivity contribution in [2.24, 2.45) is 7.05 Å². The minimum absolute atomic E-state index is 0.0713. The molecule has 0 saturated heterocycles. The summed E-state index contributed by atoms with van der Waals surface area (Å²) in [6.45, 7) is 1.14. The number of aromatic nitrogens is 3. The minimum atomic E-state index is -0.343. The number of fused-ring (bicyclic) bond motifs is 1. The molecule has 0 unspecified atom stereocenters. The van der Waals surface area contributed by atoms with Crippen LogP contribution in [0.2, 0.25) is 5.28 Å². The predicted octanol–water partition coefficient (Wildman–Crippen LogP) is 1.33. The van der Waals surface area contributed by atoms with Crippen LogP contribution in [0, 0.1) is 0 Å². The van der Waals surface area contributed by atoms with E-state index in [2.05, 4.69) is 15.4 Å². The monoisotopic (exact) mass is 292 g/mol. The van der Waals surface area contributed by atoms with Gasteiger partial charge in [0.15, 0.2) is 0 Å². The van der Waals surface area contributed by atoms with Crippen molar-refractivity contribution >= 4 is 17.5 Å². The minimum Gasteiger partial charge on any atom is -0.493 e. The Kier molecular flexibility index (Phi) is 3.31. The van der Waals surface area contributed by atoms with E-state index in [4.69, 9.17) is 16.3 Å². The van der Waals surface area contributed by atoms with Crippen LogP contribution < -0.4 is 10.1 Å². The van der Waals surface area contributed by atoms with Crippen molar-refractivity contribution in [3.63, 3.8) is 0 Å². The van der Waals surface area contributed by atoms with Crippen molar-refractivity contribution < 1.29 is 9.53 Å². The van der Waals surface area contributed by atoms with Gasteiger partial charge in [-0.1, -0.05) is 12.1 Å². The zero-order valence-corrected chi connectivity index (χ0v) is 11.6. The van der Waals surface area contributed by atoms with Gasteiger partial charge in [-0.05, 0) is 28.8 Å². The van der Waals surface area contributed by atoms with Gasteiger partial charge in [-0.15, -0.1) is 5.10 Å². The molecule has 3 rings (SSSR count). The quantitative estimate of drug-likeness (QED) is 0.927. The lowest BCUT2D eigenvalue weighted by Crippen LogP contribution is -2.24. The number of benzene rings is 1. The molecule has 7 heteroatoms. The third-order valence-electron chi connectivity index (χ3n) is 3.12. The van der Waals surface area contributed by atoms with Crippen LogP contribution in [0.25, 0.3) is 0 Å². The lowest BCUT2D eigenvalue weighted by molar-refractivity contribution is 0.0940. The summed E-state index contributed by atoms with van der Waals surface area (Å²) < 4.78 is 6.79. The lowest BCUT2D eigenvalue weighted by atomic mass is 10.1. The first kappa shape index (κ1) is 12.9. The number of carbonyl (C=O) groups is 1. The number of hydrogen-bond donors (Lipinski definition) is 1. The number of nitrogens with zero attached hydrogens (tertiary/aromatic N) is 3. The highest BCUT2D eigenvalue weighted by Crippen LogP contribution is 2.25. The summed E-state index contributed by atoms with van der Waals surface area (Å²) in [6, 6.07) is 5.91. The molecule has 0 fully saturated rings. The van der Waals surface area contributed by atoms with E-state index in [1.165, 1.54) is 10.2 Å². The highest BCUT2D eigenvalue weighted by Gasteiger charge is 2.15. The Bertz CT molecular complexity index is 649. The second-order valence-electron chi connectivity index (χ2n) is 4.55. The summed E-state index contributed by atoms with van der Waals surface area (Å²) in [5, 5.41) is 6.88. The van der Waals surface area contributed by atoms with Crippen LogP contribution in [0.1, 0.15) is 21.7 Å². The van der Waals surface area contributed by atoms with Crippen molar-refractivity contribution in [3.8, 4) is 5.75 Å². The molecule has 1 aromatic heterocycles. The van der Waals surface area contributed by atoms with E-state index in [9.17, 15) is 4.79 Å². The van der Waals surface area contributed by atoms with Crippen LogP contribution in [0.3, 0.4) is 0 Å². The summed E-state index contributed by atoms with van der Waals surface area (Å²) in [5.74, 6) is 0.657. The number of halogens is 1. The normalized spacial score (nSPS) is 12.9. The summed E-state index contributed by atoms with van der Waals surface area (Å²) in [6.07, 6.45) is 0.911. The summed E-state index contributed by atoms with van der Waals surface area (Å²) in [5.41, 5.74) is 2.19. The Morgan fingerprint density at radius 2 is 2.40 bits per heavy atom. The molecule has 104 valence electrons. The van der Waals surface area contributed by atoms with Gasteiger partial charge in [-0.2, -0.15) is 4.98 Å². The highest BCUT2D eigenvalue weighted by molar-refractivity contribution is 6.28. The number of ether oxygens (including phenoxy) is 1. The fourth-order valence-electron chi connectivity index (χ4n) is 2.07. The fourth-order valence-corrected chi connectivity index (χ4v) is 2.19. The average molecular weight is 293 g/mol. The van der Waals surface area contributed by atoms with Gasteiger partial charge in [0.05, 0.1) is 6.61 Å². The molecule has 1 aliphatic rings. The zero-order valence-electron chi connectivity index (χ0n) is 10.9. The Hall–Kier alpha value is -2.08. The Morgan fingerprint density at radius 1 is 1.55 bits per heavy atom. The SMILES string of the molecule is Cn1nc(C(=O)NCc2ccc3c(c2)CCO3)nc1Cl. The number of amides is 1. The summed E-state index contributed by atoms with van der Waals surface area (Å²) in [7, 11) is 1.63. The van der Waals surface area contributed by atoms with E-state index in [1.54, 1.807) is 7.05 Å². The van der Waals surface area contributed by atoms with Crippen LogP contribution in [0.15, 0.2) is 18.2 Å². The topological polar surface area (TPSA) is 69.0 Å². The van der Waals surface area contributed by atoms with Gasteiger partial charge in [-0.25, -0.2) is 4.68 Å². The molecule has 2 heterocycles. The van der Waals surface area contributed by atoms with Crippen LogP contribution in [0.4, 0.5) is 0 Å². The Balaban J connectivity index is 1.66. The molecule has 20 heavy (non-hydrogen) atoms. The zero-order chi connectivity index (χ0) is 14.1. The molecule has 1 aliphatic heterocycles. The molecule has 0 atom stereocenters. The van der Waals surface area contributed by atoms with Crippen LogP contribution in [0.5, 0.6) is 5.75 Å². The maximum Gasteiger partial charge on any atom is 0.291 e. The van der Waals surface area contributed by atoms with Crippen LogP contribution in [-0.2, 0) is 20.0 Å². The van der Waals surface area contributed by atoms with Gasteiger partial charge in [0.1, 0.15) is 5.75 Å². The Labute approximate surface area is 120 Å². The molecule has 0 bridgehead atoms. The number of carbonyl (C=O) groups excluding carboxylic acids is 1. The summed E-state index contributed by atoms with van der Waals surface area (Å²) >= 11 is 5.75. The summed E-state index contributed by atoms with van der Waals surface area (Å²) in [4.78, 5) is 15.8. The van der Waals surface area contributed by atoms with Crippen molar-refractivity contribution in [1.82, 2.24) is 20.1 Å². The predicted molar refractivity (Wildman–Crippen MR) is 72.8 cm³/mol. The van der Waals surface area contributed by atoms with E-state index in [1.807, 2.05) is 18.2 Å². The largest absolute Gasteiger partial charge is 0.493 e. The second-order valence-corrected chi connectivity index (χ2v) is 4.89. The average Bonchev–Trinajstić information content (AvgIpc) is 3.03. The van der Waals surface area contributed by atoms with Crippen molar-refractivity contribution in [3.05, 3.63) is 40.4 Å². The standard InChI is InChI=1S/C13H13ClN4O2/c1-18-13(14)16-11(17-18)12(19)15-7-8-2-3-10-9(6-8)4-5-20-10/h2-3,6H,4-5,7H2,1H3,(H,15,19). The van der Waals surface area contributed by atoms with Gasteiger partial charge in [0, 0.05) is 20.0 Å². The van der Waals surface area contributed by atoms with E-state index < -0.39 is 0 Å². The molecular formula is C13H13ClN4O2. The number of hydrogen-bond acceptors (Lipinski definition) is 4. The third-order valence-corrected chi connectivity index (χ3v) is 3.45. The molecule has 2 aromatic rings. The first-order valence-corrected chi connectivity index (χ1v) is 6.60. The van der Waals surface area contributed by atoms with Crippen molar-refractivity contribution in [2.75, 3.05) is 6.61 Å². The van der Waals surface area contributed by atoms with Gasteiger partial charge in [-0.3, -0.25) is 4.79 Å². The molecular weight excluding hydrogens is 280 g/mol. The molecule has 0 spiro atoms. The van der Waals surface area contributed by atoms with Crippen LogP contribution in [-0.4, -0.2) is 27.3 Å². The van der Waals surface area contributed by atoms with Crippen molar-refractivity contribution in [1.29, 1.82) is 0 Å². The molecule has 0 saturated carbocycles. The molecule has 1 N–H and O–H groups in total. The maximum atomic E-state index is 11.9. The highest BCUT2D eigenvalue weighted by atomic mass is 35.5. The number of rotatable bonds is 3. The van der Waals surface area contributed by atoms with E-state index >= 15 is 0 Å². The lowest BCUT2D eigenvalue weighted by Gasteiger charge is -2.05. The van der Waals surface area contributed by atoms with E-state index in [-0.39, 0.29) is 17.0 Å². The first-order chi connectivity index (χ1) is 9.63. The Morgan fingerprint density at radius 3 is 3.15 bits per heavy atom. The first-order valence-electron chi connectivity index (χ1n) is 6.23. The van der Waals surface area contributed by atoms with Gasteiger partial charge in [0.2, 0.25) is 11.1 Å². The maximum absolute atomic E-state index is 11.9. The molecule has 6 nitrogen and oxygen atoms in total. The number of nitrogens with one attached hydrogen (secondary N) is 1. The molecule has 1 amide bonds. The van der Waals surface area contributed by atoms with Gasteiger partial charge >= 0.3 is 0 Å². The van der Waals surface area contributed by atoms with E-state index in [0.29, 0.717) is 6.54 Å². The van der Waals surface area contributed by atoms with Gasteiger partial charge < -0.3 is 10.1 Å². The second kappa shape index (κ2) is 5.13. The smallest absolute Gasteiger partial charge is 0.291 e. The number of aryl methyl sites for hydroxylation is 1. The van der Waals surface area contributed by atoms with Gasteiger partial charge in [0.25, 0.3) is 5.91 Å². The van der Waals surface area contributed by atoms with E-state index in [0.717, 1.165) is 24.3 Å². The fraction of sp³-hybridized carbons (Fsp3) is 0.308. The van der Waals surface area contributed by atoms with Crippen molar-refractivity contribution in [2.45, 2.75) is 13.0 Å². The molecule has 0 aliphatic carbocycles. The van der Waals surface area contributed by atoms with Crippen LogP contribution >= 0.6 is 11.6 Å². The molecule has 0 radical (unpaired) electrons.